The Kier molecular flexibility index (Phi) is 2.89. The summed E-state index contributed by atoms with van der Waals surface area (Å²) in [6.45, 7) is 1.97. The molecule has 3 heteroatoms. The first-order chi connectivity index (χ1) is 4.74. The molecule has 0 amide bonds. The van der Waals surface area contributed by atoms with Crippen molar-refractivity contribution in [1.29, 1.82) is 0 Å². The van der Waals surface area contributed by atoms with Crippen LogP contribution in [0, 0.1) is 0 Å². The third-order valence-electron chi connectivity index (χ3n) is 1.36. The van der Waals surface area contributed by atoms with Crippen LogP contribution < -0.4 is 0 Å². The molecule has 1 nitrogen and oxygen atoms in total. The van der Waals surface area contributed by atoms with Gasteiger partial charge in [0.15, 0.2) is 0 Å². The summed E-state index contributed by atoms with van der Waals surface area (Å²) in [6.07, 6.45) is 0.492. The molecule has 1 N–H and O–H groups in total. The van der Waals surface area contributed by atoms with Gasteiger partial charge in [-0.2, -0.15) is 0 Å². The number of thiophene rings is 1. The van der Waals surface area contributed by atoms with Crippen molar-refractivity contribution in [2.45, 2.75) is 19.4 Å². The highest BCUT2D eigenvalue weighted by Gasteiger charge is 2.05. The summed E-state index contributed by atoms with van der Waals surface area (Å²) >= 11 is 4.94. The van der Waals surface area contributed by atoms with Crippen molar-refractivity contribution in [2.24, 2.45) is 0 Å². The van der Waals surface area contributed by atoms with Gasteiger partial charge in [0.1, 0.15) is 0 Å². The van der Waals surface area contributed by atoms with Crippen LogP contribution in [0.2, 0.25) is 0 Å². The number of aliphatic hydroxyl groups is 1. The third-order valence-corrected chi connectivity index (χ3v) is 2.88. The van der Waals surface area contributed by atoms with Gasteiger partial charge in [0.05, 0.1) is 9.89 Å². The Labute approximate surface area is 72.8 Å². The van der Waals surface area contributed by atoms with Gasteiger partial charge < -0.3 is 5.11 Å². The quantitative estimate of drug-likeness (QED) is 0.813. The fourth-order valence-corrected chi connectivity index (χ4v) is 1.96. The van der Waals surface area contributed by atoms with E-state index in [0.717, 1.165) is 15.8 Å². The minimum atomic E-state index is -0.289. The zero-order valence-electron chi connectivity index (χ0n) is 5.67. The smallest absolute Gasteiger partial charge is 0.0795 e. The van der Waals surface area contributed by atoms with Crippen molar-refractivity contribution in [1.82, 2.24) is 0 Å². The Balaban J connectivity index is 2.74. The van der Waals surface area contributed by atoms with Crippen molar-refractivity contribution in [3.8, 4) is 0 Å². The van der Waals surface area contributed by atoms with E-state index in [1.165, 1.54) is 0 Å². The van der Waals surface area contributed by atoms with Crippen molar-refractivity contribution >= 4 is 27.3 Å². The highest BCUT2D eigenvalue weighted by atomic mass is 79.9. The molecule has 56 valence electrons. The molecule has 10 heavy (non-hydrogen) atoms. The molecule has 0 aliphatic heterocycles. The van der Waals surface area contributed by atoms with Crippen LogP contribution in [0.25, 0.3) is 0 Å². The molecule has 0 spiro atoms. The number of halogens is 1. The van der Waals surface area contributed by atoms with Gasteiger partial charge in [-0.15, -0.1) is 11.3 Å². The van der Waals surface area contributed by atoms with Gasteiger partial charge in [0, 0.05) is 0 Å². The van der Waals surface area contributed by atoms with Gasteiger partial charge in [-0.05, 0) is 39.4 Å². The molecule has 1 rings (SSSR count). The van der Waals surface area contributed by atoms with Crippen LogP contribution in [0.3, 0.4) is 0 Å². The maximum atomic E-state index is 9.33. The van der Waals surface area contributed by atoms with Crippen molar-refractivity contribution in [2.75, 3.05) is 0 Å². The van der Waals surface area contributed by atoms with E-state index in [9.17, 15) is 5.11 Å². The van der Waals surface area contributed by atoms with Crippen LogP contribution in [-0.4, -0.2) is 5.11 Å². The lowest BCUT2D eigenvalue weighted by atomic mass is 10.1. The average molecular weight is 221 g/mol. The summed E-state index contributed by atoms with van der Waals surface area (Å²) in [7, 11) is 0. The first-order valence-corrected chi connectivity index (χ1v) is 4.83. The molecule has 0 fully saturated rings. The van der Waals surface area contributed by atoms with E-state index in [2.05, 4.69) is 15.9 Å². The summed E-state index contributed by atoms with van der Waals surface area (Å²) in [4.78, 5) is 0. The Bertz CT molecular complexity index is 209. The lowest BCUT2D eigenvalue weighted by Crippen LogP contribution is -1.90. The predicted octanol–water partition coefficient (Wildman–Crippen LogP) is 2.95. The predicted molar refractivity (Wildman–Crippen MR) is 47.3 cm³/mol. The summed E-state index contributed by atoms with van der Waals surface area (Å²) in [5, 5.41) is 11.3. The first-order valence-electron chi connectivity index (χ1n) is 3.16. The second kappa shape index (κ2) is 3.51. The fourth-order valence-electron chi connectivity index (χ4n) is 0.734. The van der Waals surface area contributed by atoms with Gasteiger partial charge >= 0.3 is 0 Å². The van der Waals surface area contributed by atoms with Gasteiger partial charge in [-0.3, -0.25) is 0 Å². The second-order valence-electron chi connectivity index (χ2n) is 2.11. The largest absolute Gasteiger partial charge is 0.388 e. The van der Waals surface area contributed by atoms with Crippen LogP contribution >= 0.6 is 27.3 Å². The molecule has 1 aromatic heterocycles. The Morgan fingerprint density at radius 1 is 1.80 bits per heavy atom. The van der Waals surface area contributed by atoms with Gasteiger partial charge in [0.25, 0.3) is 0 Å². The molecular weight excluding hydrogens is 212 g/mol. The highest BCUT2D eigenvalue weighted by molar-refractivity contribution is 9.11. The van der Waals surface area contributed by atoms with E-state index in [0.29, 0.717) is 0 Å². The zero-order valence-corrected chi connectivity index (χ0v) is 8.08. The molecule has 0 aliphatic carbocycles. The summed E-state index contributed by atoms with van der Waals surface area (Å²) in [6, 6.07) is 1.96. The lowest BCUT2D eigenvalue weighted by Gasteiger charge is -2.02. The van der Waals surface area contributed by atoms with Gasteiger partial charge in [-0.1, -0.05) is 6.92 Å². The van der Waals surface area contributed by atoms with Crippen LogP contribution in [-0.2, 0) is 0 Å². The minimum absolute atomic E-state index is 0.289. The van der Waals surface area contributed by atoms with Gasteiger partial charge in [0.2, 0.25) is 0 Å². The van der Waals surface area contributed by atoms with E-state index in [1.54, 1.807) is 11.3 Å². The molecule has 0 bridgehead atoms. The van der Waals surface area contributed by atoms with E-state index in [-0.39, 0.29) is 6.10 Å². The average Bonchev–Trinajstić information content (AvgIpc) is 2.34. The molecule has 1 aromatic rings. The number of hydrogen-bond donors (Lipinski definition) is 1. The molecule has 1 heterocycles. The van der Waals surface area contributed by atoms with E-state index < -0.39 is 0 Å². The molecule has 0 aliphatic rings. The standard InChI is InChI=1S/C7H9BrOS/c1-2-6(9)5-3-7(8)10-4-5/h3-4,6,9H,2H2,1H3. The Morgan fingerprint density at radius 2 is 2.50 bits per heavy atom. The van der Waals surface area contributed by atoms with E-state index in [1.807, 2.05) is 18.4 Å². The number of aliphatic hydroxyl groups excluding tert-OH is 1. The summed E-state index contributed by atoms with van der Waals surface area (Å²) in [5.41, 5.74) is 1.01. The molecule has 1 unspecified atom stereocenters. The minimum Gasteiger partial charge on any atom is -0.388 e. The van der Waals surface area contributed by atoms with Gasteiger partial charge in [-0.25, -0.2) is 0 Å². The van der Waals surface area contributed by atoms with E-state index >= 15 is 0 Å². The molecule has 0 radical (unpaired) electrons. The maximum absolute atomic E-state index is 9.33. The lowest BCUT2D eigenvalue weighted by molar-refractivity contribution is 0.174. The van der Waals surface area contributed by atoms with Crippen molar-refractivity contribution in [3.63, 3.8) is 0 Å². The number of hydrogen-bond acceptors (Lipinski definition) is 2. The van der Waals surface area contributed by atoms with Crippen LogP contribution in [0.15, 0.2) is 15.2 Å². The van der Waals surface area contributed by atoms with Crippen LogP contribution in [0.5, 0.6) is 0 Å². The molecule has 1 atom stereocenters. The highest BCUT2D eigenvalue weighted by Crippen LogP contribution is 2.26. The molecule has 0 saturated heterocycles. The zero-order chi connectivity index (χ0) is 7.56. The SMILES string of the molecule is CCC(O)c1csc(Br)c1. The third kappa shape index (κ3) is 1.81. The van der Waals surface area contributed by atoms with Crippen LogP contribution in [0.1, 0.15) is 25.0 Å². The number of rotatable bonds is 2. The van der Waals surface area contributed by atoms with Crippen molar-refractivity contribution in [3.05, 3.63) is 20.8 Å². The van der Waals surface area contributed by atoms with Crippen LogP contribution in [0.4, 0.5) is 0 Å². The van der Waals surface area contributed by atoms with E-state index in [4.69, 9.17) is 0 Å². The fraction of sp³-hybridized carbons (Fsp3) is 0.429. The van der Waals surface area contributed by atoms with Crippen molar-refractivity contribution < 1.29 is 5.11 Å². The Morgan fingerprint density at radius 3 is 2.90 bits per heavy atom. The molecular formula is C7H9BrOS. The summed E-state index contributed by atoms with van der Waals surface area (Å²) in [5.74, 6) is 0. The topological polar surface area (TPSA) is 20.2 Å². The first kappa shape index (κ1) is 8.24. The summed E-state index contributed by atoms with van der Waals surface area (Å²) < 4.78 is 1.08. The Hall–Kier alpha value is 0.140. The normalized spacial score (nSPS) is 13.5. The molecule has 0 saturated carbocycles. The monoisotopic (exact) mass is 220 g/mol. The second-order valence-corrected chi connectivity index (χ2v) is 4.40. The molecule has 0 aromatic carbocycles. The maximum Gasteiger partial charge on any atom is 0.0795 e.